The summed E-state index contributed by atoms with van der Waals surface area (Å²) in [5.41, 5.74) is 0. The molecule has 1 N–H and O–H groups in total. The second-order valence-electron chi connectivity index (χ2n) is 4.26. The number of likely N-dealkylation sites (N-methyl/N-ethyl adjacent to an activating group) is 1. The van der Waals surface area contributed by atoms with Gasteiger partial charge < -0.3 is 14.5 Å². The van der Waals surface area contributed by atoms with Crippen molar-refractivity contribution in [2.75, 3.05) is 54.4 Å². The zero-order valence-electron chi connectivity index (χ0n) is 8.88. The Bertz CT molecular complexity index is 113. The fourth-order valence-corrected chi connectivity index (χ4v) is 1.20. The van der Waals surface area contributed by atoms with Crippen molar-refractivity contribution < 1.29 is 9.59 Å². The molecule has 12 heavy (non-hydrogen) atoms. The van der Waals surface area contributed by atoms with Gasteiger partial charge in [0.25, 0.3) is 0 Å². The molecule has 0 aliphatic carbocycles. The SMILES string of the molecule is CN(C)CCC[N+](C)(C)CCO. The molecular formula is C9H23N2O+. The lowest BCUT2D eigenvalue weighted by atomic mass is 10.3. The molecule has 0 saturated heterocycles. The van der Waals surface area contributed by atoms with Gasteiger partial charge in [-0.05, 0) is 14.1 Å². The second-order valence-corrected chi connectivity index (χ2v) is 4.26. The lowest BCUT2D eigenvalue weighted by Gasteiger charge is -2.29. The van der Waals surface area contributed by atoms with E-state index in [2.05, 4.69) is 33.1 Å². The first-order chi connectivity index (χ1) is 5.48. The monoisotopic (exact) mass is 175 g/mol. The van der Waals surface area contributed by atoms with Gasteiger partial charge in [-0.3, -0.25) is 0 Å². The first-order valence-corrected chi connectivity index (χ1v) is 4.55. The minimum absolute atomic E-state index is 0.287. The van der Waals surface area contributed by atoms with Crippen LogP contribution in [-0.2, 0) is 0 Å². The van der Waals surface area contributed by atoms with Gasteiger partial charge in [-0.25, -0.2) is 0 Å². The van der Waals surface area contributed by atoms with Crippen molar-refractivity contribution in [1.82, 2.24) is 4.90 Å². The Hall–Kier alpha value is -0.120. The summed E-state index contributed by atoms with van der Waals surface area (Å²) < 4.78 is 0.921. The molecule has 0 aliphatic rings. The Morgan fingerprint density at radius 2 is 1.75 bits per heavy atom. The minimum atomic E-state index is 0.287. The maximum atomic E-state index is 8.78. The lowest BCUT2D eigenvalue weighted by molar-refractivity contribution is -0.890. The standard InChI is InChI=1S/C9H23N2O/c1-10(2)6-5-7-11(3,4)8-9-12/h12H,5-9H2,1-4H3/q+1. The number of rotatable bonds is 6. The first kappa shape index (κ1) is 11.9. The Morgan fingerprint density at radius 3 is 2.17 bits per heavy atom. The fourth-order valence-electron chi connectivity index (χ4n) is 1.20. The summed E-state index contributed by atoms with van der Waals surface area (Å²) in [6.07, 6.45) is 1.19. The molecule has 0 heterocycles. The second kappa shape index (κ2) is 5.51. The van der Waals surface area contributed by atoms with Gasteiger partial charge >= 0.3 is 0 Å². The zero-order chi connectivity index (χ0) is 9.61. The molecule has 0 aliphatic heterocycles. The van der Waals surface area contributed by atoms with Gasteiger partial charge in [0.2, 0.25) is 0 Å². The number of aliphatic hydroxyl groups is 1. The van der Waals surface area contributed by atoms with Crippen molar-refractivity contribution in [3.63, 3.8) is 0 Å². The van der Waals surface area contributed by atoms with Gasteiger partial charge in [0.1, 0.15) is 6.54 Å². The third kappa shape index (κ3) is 6.58. The summed E-state index contributed by atoms with van der Waals surface area (Å²) >= 11 is 0. The van der Waals surface area contributed by atoms with Crippen LogP contribution in [0.4, 0.5) is 0 Å². The highest BCUT2D eigenvalue weighted by atomic mass is 16.3. The van der Waals surface area contributed by atoms with Crippen LogP contribution in [0.3, 0.4) is 0 Å². The third-order valence-corrected chi connectivity index (χ3v) is 2.07. The van der Waals surface area contributed by atoms with Gasteiger partial charge in [-0.15, -0.1) is 0 Å². The van der Waals surface area contributed by atoms with Gasteiger partial charge in [0.15, 0.2) is 0 Å². The summed E-state index contributed by atoms with van der Waals surface area (Å²) in [7, 11) is 8.50. The van der Waals surface area contributed by atoms with E-state index < -0.39 is 0 Å². The van der Waals surface area contributed by atoms with Crippen LogP contribution in [0.5, 0.6) is 0 Å². The quantitative estimate of drug-likeness (QED) is 0.575. The molecule has 0 unspecified atom stereocenters. The average molecular weight is 175 g/mol. The third-order valence-electron chi connectivity index (χ3n) is 2.07. The lowest BCUT2D eigenvalue weighted by Crippen LogP contribution is -2.43. The summed E-state index contributed by atoms with van der Waals surface area (Å²) in [5.74, 6) is 0. The number of quaternary nitrogens is 1. The zero-order valence-corrected chi connectivity index (χ0v) is 8.88. The van der Waals surface area contributed by atoms with E-state index in [0.717, 1.165) is 24.1 Å². The van der Waals surface area contributed by atoms with Crippen LogP contribution in [0.2, 0.25) is 0 Å². The van der Waals surface area contributed by atoms with E-state index in [1.165, 1.54) is 6.42 Å². The van der Waals surface area contributed by atoms with Crippen LogP contribution in [0.15, 0.2) is 0 Å². The summed E-state index contributed by atoms with van der Waals surface area (Å²) in [6, 6.07) is 0. The summed E-state index contributed by atoms with van der Waals surface area (Å²) in [5, 5.41) is 8.78. The van der Waals surface area contributed by atoms with Crippen LogP contribution < -0.4 is 0 Å². The van der Waals surface area contributed by atoms with Gasteiger partial charge in [0, 0.05) is 13.0 Å². The molecule has 3 nitrogen and oxygen atoms in total. The van der Waals surface area contributed by atoms with E-state index in [0.29, 0.717) is 0 Å². The number of hydrogen-bond acceptors (Lipinski definition) is 2. The van der Waals surface area contributed by atoms with Crippen molar-refractivity contribution in [3.8, 4) is 0 Å². The smallest absolute Gasteiger partial charge is 0.102 e. The highest BCUT2D eigenvalue weighted by Crippen LogP contribution is 1.98. The van der Waals surface area contributed by atoms with Crippen molar-refractivity contribution in [2.24, 2.45) is 0 Å². The molecule has 0 aromatic rings. The van der Waals surface area contributed by atoms with E-state index in [1.54, 1.807) is 0 Å². The van der Waals surface area contributed by atoms with Crippen molar-refractivity contribution in [3.05, 3.63) is 0 Å². The van der Waals surface area contributed by atoms with Crippen LogP contribution in [-0.4, -0.2) is 68.9 Å². The molecule has 0 aromatic heterocycles. The average Bonchev–Trinajstić information content (AvgIpc) is 1.85. The van der Waals surface area contributed by atoms with Crippen LogP contribution in [0.1, 0.15) is 6.42 Å². The summed E-state index contributed by atoms with van der Waals surface area (Å²) in [6.45, 7) is 3.41. The molecule has 3 heteroatoms. The molecule has 74 valence electrons. The van der Waals surface area contributed by atoms with Crippen molar-refractivity contribution in [1.29, 1.82) is 0 Å². The topological polar surface area (TPSA) is 23.5 Å². The molecular weight excluding hydrogens is 152 g/mol. The maximum Gasteiger partial charge on any atom is 0.102 e. The molecule has 0 saturated carbocycles. The van der Waals surface area contributed by atoms with E-state index in [-0.39, 0.29) is 6.61 Å². The highest BCUT2D eigenvalue weighted by molar-refractivity contribution is 4.43. The Kier molecular flexibility index (Phi) is 5.46. The Balaban J connectivity index is 3.46. The predicted octanol–water partition coefficient (Wildman–Crippen LogP) is 0.00680. The van der Waals surface area contributed by atoms with Crippen LogP contribution >= 0.6 is 0 Å². The molecule has 0 atom stereocenters. The van der Waals surface area contributed by atoms with E-state index >= 15 is 0 Å². The maximum absolute atomic E-state index is 8.78. The predicted molar refractivity (Wildman–Crippen MR) is 52.1 cm³/mol. The van der Waals surface area contributed by atoms with Crippen LogP contribution in [0.25, 0.3) is 0 Å². The molecule has 0 amide bonds. The van der Waals surface area contributed by atoms with E-state index in [9.17, 15) is 0 Å². The number of nitrogens with zero attached hydrogens (tertiary/aromatic N) is 2. The van der Waals surface area contributed by atoms with Crippen molar-refractivity contribution in [2.45, 2.75) is 6.42 Å². The van der Waals surface area contributed by atoms with Gasteiger partial charge in [0.05, 0.1) is 27.2 Å². The molecule has 0 spiro atoms. The van der Waals surface area contributed by atoms with Crippen LogP contribution in [0, 0.1) is 0 Å². The Labute approximate surface area is 76.2 Å². The fraction of sp³-hybridized carbons (Fsp3) is 1.00. The molecule has 0 bridgehead atoms. The van der Waals surface area contributed by atoms with E-state index in [4.69, 9.17) is 5.11 Å². The minimum Gasteiger partial charge on any atom is -0.391 e. The van der Waals surface area contributed by atoms with Gasteiger partial charge in [-0.2, -0.15) is 0 Å². The first-order valence-electron chi connectivity index (χ1n) is 4.55. The molecule has 0 radical (unpaired) electrons. The number of hydrogen-bond donors (Lipinski definition) is 1. The normalized spacial score (nSPS) is 12.5. The summed E-state index contributed by atoms with van der Waals surface area (Å²) in [4.78, 5) is 2.19. The molecule has 0 rings (SSSR count). The largest absolute Gasteiger partial charge is 0.391 e. The van der Waals surface area contributed by atoms with Crippen molar-refractivity contribution >= 4 is 0 Å². The van der Waals surface area contributed by atoms with E-state index in [1.807, 2.05) is 0 Å². The molecule has 0 fully saturated rings. The van der Waals surface area contributed by atoms with Gasteiger partial charge in [-0.1, -0.05) is 0 Å². The molecule has 0 aromatic carbocycles. The Morgan fingerprint density at radius 1 is 1.17 bits per heavy atom. The highest BCUT2D eigenvalue weighted by Gasteiger charge is 2.12. The number of aliphatic hydroxyl groups excluding tert-OH is 1.